The molecule has 0 aliphatic rings. The van der Waals surface area contributed by atoms with Crippen molar-refractivity contribution in [2.45, 2.75) is 6.54 Å². The lowest BCUT2D eigenvalue weighted by Gasteiger charge is -2.07. The Labute approximate surface area is 141 Å². The van der Waals surface area contributed by atoms with Gasteiger partial charge < -0.3 is 5.32 Å². The van der Waals surface area contributed by atoms with Crippen molar-refractivity contribution >= 4 is 17.3 Å². The van der Waals surface area contributed by atoms with E-state index in [4.69, 9.17) is 0 Å². The predicted molar refractivity (Wildman–Crippen MR) is 86.6 cm³/mol. The van der Waals surface area contributed by atoms with Crippen molar-refractivity contribution in [2.75, 3.05) is 5.32 Å². The number of carbonyl (C=O) groups is 1. The van der Waals surface area contributed by atoms with Crippen LogP contribution in [0, 0.1) is 15.9 Å². The van der Waals surface area contributed by atoms with Crippen LogP contribution in [0.3, 0.4) is 0 Å². The van der Waals surface area contributed by atoms with Gasteiger partial charge in [-0.2, -0.15) is 5.10 Å². The lowest BCUT2D eigenvalue weighted by molar-refractivity contribution is -0.384. The normalized spacial score (nSPS) is 10.4. The number of aromatic nitrogens is 3. The van der Waals surface area contributed by atoms with Crippen LogP contribution in [0.1, 0.15) is 15.9 Å². The summed E-state index contributed by atoms with van der Waals surface area (Å²) in [7, 11) is 0. The first kappa shape index (κ1) is 16.2. The average molecular weight is 341 g/mol. The Balaban J connectivity index is 1.73. The van der Waals surface area contributed by atoms with Gasteiger partial charge >= 0.3 is 0 Å². The highest BCUT2D eigenvalue weighted by Crippen LogP contribution is 2.22. The second-order valence-corrected chi connectivity index (χ2v) is 5.17. The zero-order valence-electron chi connectivity index (χ0n) is 12.8. The molecule has 0 aliphatic heterocycles. The fraction of sp³-hybridized carbons (Fsp3) is 0.0625. The van der Waals surface area contributed by atoms with Crippen LogP contribution >= 0.6 is 0 Å². The largest absolute Gasteiger partial charge is 0.319 e. The van der Waals surface area contributed by atoms with Crippen molar-refractivity contribution in [3.05, 3.63) is 82.2 Å². The van der Waals surface area contributed by atoms with Gasteiger partial charge in [-0.25, -0.2) is 14.1 Å². The van der Waals surface area contributed by atoms with Crippen molar-refractivity contribution < 1.29 is 14.1 Å². The van der Waals surface area contributed by atoms with Crippen LogP contribution in [-0.4, -0.2) is 25.6 Å². The molecule has 0 spiro atoms. The van der Waals surface area contributed by atoms with E-state index in [0.29, 0.717) is 12.1 Å². The van der Waals surface area contributed by atoms with E-state index in [9.17, 15) is 19.3 Å². The third kappa shape index (κ3) is 3.83. The molecule has 25 heavy (non-hydrogen) atoms. The standard InChI is InChI=1S/C16H12FN5O3/c17-14-6-5-13(22(24)25)7-15(14)20-16(23)12-3-1-11(2-4-12)8-21-10-18-9-19-21/h1-7,9-10H,8H2,(H,20,23). The zero-order chi connectivity index (χ0) is 17.8. The Kier molecular flexibility index (Phi) is 4.46. The molecule has 1 N–H and O–H groups in total. The summed E-state index contributed by atoms with van der Waals surface area (Å²) < 4.78 is 15.4. The van der Waals surface area contributed by atoms with Crippen LogP contribution < -0.4 is 5.32 Å². The molecule has 0 radical (unpaired) electrons. The minimum absolute atomic E-state index is 0.245. The van der Waals surface area contributed by atoms with Gasteiger partial charge in [-0.05, 0) is 23.8 Å². The first-order chi connectivity index (χ1) is 12.0. The lowest BCUT2D eigenvalue weighted by Crippen LogP contribution is -2.13. The summed E-state index contributed by atoms with van der Waals surface area (Å²) in [6.45, 7) is 0.501. The number of nitro benzene ring substituents is 1. The summed E-state index contributed by atoms with van der Waals surface area (Å²) in [6.07, 6.45) is 3.00. The first-order valence-electron chi connectivity index (χ1n) is 7.19. The highest BCUT2D eigenvalue weighted by atomic mass is 19.1. The number of halogens is 1. The molecule has 1 amide bonds. The summed E-state index contributed by atoms with van der Waals surface area (Å²) in [5, 5.41) is 17.1. The molecule has 2 aromatic carbocycles. The molecule has 1 heterocycles. The smallest absolute Gasteiger partial charge is 0.271 e. The zero-order valence-corrected chi connectivity index (χ0v) is 12.8. The maximum atomic E-state index is 13.7. The molecule has 126 valence electrons. The van der Waals surface area contributed by atoms with Gasteiger partial charge in [0.15, 0.2) is 0 Å². The molecular formula is C16H12FN5O3. The van der Waals surface area contributed by atoms with Crippen molar-refractivity contribution in [3.63, 3.8) is 0 Å². The third-order valence-corrected chi connectivity index (χ3v) is 3.44. The summed E-state index contributed by atoms with van der Waals surface area (Å²) in [5.41, 5.74) is 0.655. The molecular weight excluding hydrogens is 329 g/mol. The molecule has 9 heteroatoms. The van der Waals surface area contributed by atoms with E-state index in [2.05, 4.69) is 15.4 Å². The lowest BCUT2D eigenvalue weighted by atomic mass is 10.1. The number of anilines is 1. The van der Waals surface area contributed by atoms with Gasteiger partial charge in [-0.15, -0.1) is 0 Å². The summed E-state index contributed by atoms with van der Waals surface area (Å²) in [4.78, 5) is 26.1. The van der Waals surface area contributed by atoms with Gasteiger partial charge in [0.2, 0.25) is 0 Å². The number of amides is 1. The molecule has 3 aromatic rings. The number of nitro groups is 1. The average Bonchev–Trinajstić information content (AvgIpc) is 3.10. The highest BCUT2D eigenvalue weighted by Gasteiger charge is 2.14. The predicted octanol–water partition coefficient (Wildman–Crippen LogP) is 2.63. The van der Waals surface area contributed by atoms with Gasteiger partial charge in [0.25, 0.3) is 11.6 Å². The van der Waals surface area contributed by atoms with Gasteiger partial charge in [-0.3, -0.25) is 14.9 Å². The number of nitrogens with zero attached hydrogens (tertiary/aromatic N) is 4. The number of nitrogens with one attached hydrogen (secondary N) is 1. The van der Waals surface area contributed by atoms with E-state index < -0.39 is 16.6 Å². The number of carbonyl (C=O) groups excluding carboxylic acids is 1. The second-order valence-electron chi connectivity index (χ2n) is 5.17. The van der Waals surface area contributed by atoms with Crippen LogP contribution in [0.15, 0.2) is 55.1 Å². The Morgan fingerprint density at radius 2 is 2.00 bits per heavy atom. The highest BCUT2D eigenvalue weighted by molar-refractivity contribution is 6.04. The van der Waals surface area contributed by atoms with Crippen molar-refractivity contribution in [2.24, 2.45) is 0 Å². The van der Waals surface area contributed by atoms with Crippen molar-refractivity contribution in [1.29, 1.82) is 0 Å². The van der Waals surface area contributed by atoms with Crippen LogP contribution in [-0.2, 0) is 6.54 Å². The van der Waals surface area contributed by atoms with E-state index in [1.165, 1.54) is 6.33 Å². The fourth-order valence-corrected chi connectivity index (χ4v) is 2.18. The summed E-state index contributed by atoms with van der Waals surface area (Å²) in [6, 6.07) is 9.58. The minimum atomic E-state index is -0.748. The molecule has 0 saturated heterocycles. The van der Waals surface area contributed by atoms with Crippen LogP contribution in [0.4, 0.5) is 15.8 Å². The van der Waals surface area contributed by atoms with Crippen LogP contribution in [0.5, 0.6) is 0 Å². The Bertz CT molecular complexity index is 910. The number of benzene rings is 2. The number of rotatable bonds is 5. The van der Waals surface area contributed by atoms with E-state index in [-0.39, 0.29) is 11.4 Å². The number of hydrogen-bond acceptors (Lipinski definition) is 5. The topological polar surface area (TPSA) is 103 Å². The molecule has 0 atom stereocenters. The molecule has 3 rings (SSSR count). The first-order valence-corrected chi connectivity index (χ1v) is 7.19. The fourth-order valence-electron chi connectivity index (χ4n) is 2.18. The molecule has 0 unspecified atom stereocenters. The van der Waals surface area contributed by atoms with Gasteiger partial charge in [-0.1, -0.05) is 12.1 Å². The number of hydrogen-bond donors (Lipinski definition) is 1. The van der Waals surface area contributed by atoms with Crippen molar-refractivity contribution in [1.82, 2.24) is 14.8 Å². The Morgan fingerprint density at radius 3 is 2.64 bits per heavy atom. The van der Waals surface area contributed by atoms with E-state index >= 15 is 0 Å². The maximum absolute atomic E-state index is 13.7. The Morgan fingerprint density at radius 1 is 1.24 bits per heavy atom. The molecule has 1 aromatic heterocycles. The molecule has 8 nitrogen and oxygen atoms in total. The minimum Gasteiger partial charge on any atom is -0.319 e. The van der Waals surface area contributed by atoms with E-state index in [0.717, 1.165) is 23.8 Å². The SMILES string of the molecule is O=C(Nc1cc([N+](=O)[O-])ccc1F)c1ccc(Cn2cncn2)cc1. The monoisotopic (exact) mass is 341 g/mol. The Hall–Kier alpha value is -3.62. The molecule has 0 fully saturated rings. The molecule has 0 bridgehead atoms. The van der Waals surface area contributed by atoms with Crippen molar-refractivity contribution in [3.8, 4) is 0 Å². The van der Waals surface area contributed by atoms with Crippen LogP contribution in [0.2, 0.25) is 0 Å². The van der Waals surface area contributed by atoms with Gasteiger partial charge in [0.1, 0.15) is 18.5 Å². The van der Waals surface area contributed by atoms with Gasteiger partial charge in [0, 0.05) is 17.7 Å². The maximum Gasteiger partial charge on any atom is 0.271 e. The van der Waals surface area contributed by atoms with Gasteiger partial charge in [0.05, 0.1) is 17.2 Å². The quantitative estimate of drug-likeness (QED) is 0.567. The van der Waals surface area contributed by atoms with E-state index in [1.807, 2.05) is 0 Å². The molecule has 0 saturated carbocycles. The summed E-state index contributed by atoms with van der Waals surface area (Å²) in [5.74, 6) is -1.31. The number of non-ortho nitro benzene ring substituents is 1. The second kappa shape index (κ2) is 6.87. The summed E-state index contributed by atoms with van der Waals surface area (Å²) >= 11 is 0. The van der Waals surface area contributed by atoms with Crippen LogP contribution in [0.25, 0.3) is 0 Å². The third-order valence-electron chi connectivity index (χ3n) is 3.44. The molecule has 0 aliphatic carbocycles. The van der Waals surface area contributed by atoms with E-state index in [1.54, 1.807) is 35.3 Å².